The van der Waals surface area contributed by atoms with Crippen LogP contribution in [0.15, 0.2) is 42.5 Å². The average molecular weight is 367 g/mol. The van der Waals surface area contributed by atoms with E-state index in [-0.39, 0.29) is 11.9 Å². The summed E-state index contributed by atoms with van der Waals surface area (Å²) in [4.78, 5) is 15.0. The number of likely N-dealkylation sites (tertiary alicyclic amines) is 1. The molecule has 0 aromatic heterocycles. The Morgan fingerprint density at radius 1 is 1.07 bits per heavy atom. The smallest absolute Gasteiger partial charge is 0.224 e. The molecule has 144 valence electrons. The highest BCUT2D eigenvalue weighted by Crippen LogP contribution is 2.26. The number of carbonyl (C=O) groups excluding carboxylic acids is 1. The molecular weight excluding hydrogens is 336 g/mol. The normalized spacial score (nSPS) is 15.5. The Labute approximate surface area is 162 Å². The molecule has 0 aliphatic carbocycles. The number of rotatable bonds is 7. The van der Waals surface area contributed by atoms with E-state index in [1.54, 1.807) is 7.11 Å². The fourth-order valence-corrected chi connectivity index (χ4v) is 3.71. The van der Waals surface area contributed by atoms with Crippen molar-refractivity contribution in [1.82, 2.24) is 10.2 Å². The molecule has 0 saturated carbocycles. The number of nitrogens with zero attached hydrogens (tertiary/aromatic N) is 1. The standard InChI is InChI=1S/C23H30N2O2/c1-17-6-7-19(14-18(17)2)15-23(26)24-16-22(25-12-4-5-13-25)20-8-10-21(27-3)11-9-20/h6-11,14,22H,4-5,12-13,15-16H2,1-3H3,(H,24,26). The number of hydrogen-bond donors (Lipinski definition) is 1. The quantitative estimate of drug-likeness (QED) is 0.810. The molecule has 27 heavy (non-hydrogen) atoms. The van der Waals surface area contributed by atoms with E-state index in [1.165, 1.54) is 29.5 Å². The summed E-state index contributed by atoms with van der Waals surface area (Å²) in [5, 5.41) is 3.16. The van der Waals surface area contributed by atoms with Gasteiger partial charge < -0.3 is 10.1 Å². The van der Waals surface area contributed by atoms with Gasteiger partial charge in [-0.15, -0.1) is 0 Å². The molecule has 1 aliphatic heterocycles. The van der Waals surface area contributed by atoms with E-state index >= 15 is 0 Å². The predicted octanol–water partition coefficient (Wildman–Crippen LogP) is 3.81. The zero-order valence-electron chi connectivity index (χ0n) is 16.6. The minimum absolute atomic E-state index is 0.0796. The highest BCUT2D eigenvalue weighted by molar-refractivity contribution is 5.78. The lowest BCUT2D eigenvalue weighted by atomic mass is 10.0. The zero-order valence-corrected chi connectivity index (χ0v) is 16.6. The number of benzene rings is 2. The fraction of sp³-hybridized carbons (Fsp3) is 0.435. The molecule has 1 amide bonds. The highest BCUT2D eigenvalue weighted by Gasteiger charge is 2.24. The molecule has 0 bridgehead atoms. The second-order valence-corrected chi connectivity index (χ2v) is 7.43. The van der Waals surface area contributed by atoms with Gasteiger partial charge in [0, 0.05) is 6.54 Å². The molecular formula is C23H30N2O2. The summed E-state index contributed by atoms with van der Waals surface area (Å²) >= 11 is 0. The Morgan fingerprint density at radius 3 is 2.41 bits per heavy atom. The molecule has 3 rings (SSSR count). The molecule has 1 aliphatic rings. The monoisotopic (exact) mass is 366 g/mol. The number of amides is 1. The molecule has 1 saturated heterocycles. The lowest BCUT2D eigenvalue weighted by molar-refractivity contribution is -0.120. The van der Waals surface area contributed by atoms with E-state index < -0.39 is 0 Å². The SMILES string of the molecule is COc1ccc(C(CNC(=O)Cc2ccc(C)c(C)c2)N2CCCC2)cc1. The van der Waals surface area contributed by atoms with Gasteiger partial charge in [0.1, 0.15) is 5.75 Å². The lowest BCUT2D eigenvalue weighted by Gasteiger charge is -2.28. The average Bonchev–Trinajstić information content (AvgIpc) is 3.20. The van der Waals surface area contributed by atoms with Gasteiger partial charge >= 0.3 is 0 Å². The van der Waals surface area contributed by atoms with E-state index in [2.05, 4.69) is 48.3 Å². The van der Waals surface area contributed by atoms with Gasteiger partial charge in [0.05, 0.1) is 19.6 Å². The number of ether oxygens (including phenoxy) is 1. The van der Waals surface area contributed by atoms with Crippen LogP contribution in [-0.4, -0.2) is 37.6 Å². The van der Waals surface area contributed by atoms with Gasteiger partial charge in [0.2, 0.25) is 5.91 Å². The van der Waals surface area contributed by atoms with Crippen LogP contribution in [0.1, 0.15) is 41.1 Å². The summed E-state index contributed by atoms with van der Waals surface area (Å²) in [5.74, 6) is 0.939. The summed E-state index contributed by atoms with van der Waals surface area (Å²) in [5.41, 5.74) is 4.78. The van der Waals surface area contributed by atoms with Crippen molar-refractivity contribution < 1.29 is 9.53 Å². The van der Waals surface area contributed by atoms with Crippen molar-refractivity contribution in [2.24, 2.45) is 0 Å². The molecule has 1 fully saturated rings. The number of methoxy groups -OCH3 is 1. The van der Waals surface area contributed by atoms with Crippen LogP contribution in [-0.2, 0) is 11.2 Å². The third-order valence-corrected chi connectivity index (χ3v) is 5.51. The molecule has 4 heteroatoms. The van der Waals surface area contributed by atoms with Gasteiger partial charge in [-0.3, -0.25) is 9.69 Å². The minimum Gasteiger partial charge on any atom is -0.497 e. The summed E-state index contributed by atoms with van der Waals surface area (Å²) in [6.45, 7) is 6.99. The Morgan fingerprint density at radius 2 is 1.78 bits per heavy atom. The van der Waals surface area contributed by atoms with Crippen LogP contribution in [0.2, 0.25) is 0 Å². The molecule has 2 aromatic carbocycles. The van der Waals surface area contributed by atoms with Crippen molar-refractivity contribution in [2.75, 3.05) is 26.7 Å². The van der Waals surface area contributed by atoms with Crippen LogP contribution in [0.25, 0.3) is 0 Å². The Hall–Kier alpha value is -2.33. The van der Waals surface area contributed by atoms with Gasteiger partial charge in [0.15, 0.2) is 0 Å². The van der Waals surface area contributed by atoms with Crippen molar-refractivity contribution in [1.29, 1.82) is 0 Å². The van der Waals surface area contributed by atoms with Gasteiger partial charge in [0.25, 0.3) is 0 Å². The summed E-state index contributed by atoms with van der Waals surface area (Å²) < 4.78 is 5.27. The van der Waals surface area contributed by atoms with Crippen molar-refractivity contribution >= 4 is 5.91 Å². The van der Waals surface area contributed by atoms with Crippen LogP contribution < -0.4 is 10.1 Å². The van der Waals surface area contributed by atoms with Crippen molar-refractivity contribution in [2.45, 2.75) is 39.2 Å². The summed E-state index contributed by atoms with van der Waals surface area (Å²) in [6, 6.07) is 14.7. The van der Waals surface area contributed by atoms with Gasteiger partial charge in [-0.1, -0.05) is 30.3 Å². The maximum absolute atomic E-state index is 12.5. The van der Waals surface area contributed by atoms with Gasteiger partial charge in [-0.2, -0.15) is 0 Å². The highest BCUT2D eigenvalue weighted by atomic mass is 16.5. The first-order valence-corrected chi connectivity index (χ1v) is 9.77. The lowest BCUT2D eigenvalue weighted by Crippen LogP contribution is -2.37. The zero-order chi connectivity index (χ0) is 19.2. The van der Waals surface area contributed by atoms with Crippen molar-refractivity contribution in [3.8, 4) is 5.75 Å². The molecule has 0 spiro atoms. The molecule has 4 nitrogen and oxygen atoms in total. The van der Waals surface area contributed by atoms with Crippen molar-refractivity contribution in [3.05, 3.63) is 64.7 Å². The second-order valence-electron chi connectivity index (χ2n) is 7.43. The fourth-order valence-electron chi connectivity index (χ4n) is 3.71. The third kappa shape index (κ3) is 5.10. The van der Waals surface area contributed by atoms with Gasteiger partial charge in [-0.05, 0) is 74.2 Å². The van der Waals surface area contributed by atoms with Gasteiger partial charge in [-0.25, -0.2) is 0 Å². The number of carbonyl (C=O) groups is 1. The molecule has 0 radical (unpaired) electrons. The number of aryl methyl sites for hydroxylation is 2. The number of nitrogens with one attached hydrogen (secondary N) is 1. The van der Waals surface area contributed by atoms with Crippen LogP contribution >= 0.6 is 0 Å². The van der Waals surface area contributed by atoms with Crippen LogP contribution in [0.4, 0.5) is 0 Å². The molecule has 1 N–H and O–H groups in total. The van der Waals surface area contributed by atoms with Crippen LogP contribution in [0.3, 0.4) is 0 Å². The second kappa shape index (κ2) is 9.05. The molecule has 2 aromatic rings. The first kappa shape index (κ1) is 19.4. The molecule has 1 atom stereocenters. The van der Waals surface area contributed by atoms with Crippen LogP contribution in [0, 0.1) is 13.8 Å². The third-order valence-electron chi connectivity index (χ3n) is 5.51. The topological polar surface area (TPSA) is 41.6 Å². The van der Waals surface area contributed by atoms with E-state index in [4.69, 9.17) is 4.74 Å². The van der Waals surface area contributed by atoms with E-state index in [0.717, 1.165) is 24.4 Å². The minimum atomic E-state index is 0.0796. The first-order chi connectivity index (χ1) is 13.1. The van der Waals surface area contributed by atoms with Crippen molar-refractivity contribution in [3.63, 3.8) is 0 Å². The van der Waals surface area contributed by atoms with E-state index in [1.807, 2.05) is 18.2 Å². The van der Waals surface area contributed by atoms with E-state index in [0.29, 0.717) is 13.0 Å². The summed E-state index contributed by atoms with van der Waals surface area (Å²) in [6.07, 6.45) is 2.88. The first-order valence-electron chi connectivity index (χ1n) is 9.77. The number of hydrogen-bond acceptors (Lipinski definition) is 3. The Kier molecular flexibility index (Phi) is 6.51. The summed E-state index contributed by atoms with van der Waals surface area (Å²) in [7, 11) is 1.68. The Balaban J connectivity index is 1.64. The molecule has 1 unspecified atom stereocenters. The van der Waals surface area contributed by atoms with E-state index in [9.17, 15) is 4.79 Å². The predicted molar refractivity (Wildman–Crippen MR) is 109 cm³/mol. The largest absolute Gasteiger partial charge is 0.497 e. The maximum Gasteiger partial charge on any atom is 0.224 e. The molecule has 1 heterocycles. The maximum atomic E-state index is 12.5. The Bertz CT molecular complexity index is 764. The van der Waals surface area contributed by atoms with Crippen LogP contribution in [0.5, 0.6) is 5.75 Å².